The van der Waals surface area contributed by atoms with E-state index in [4.69, 9.17) is 0 Å². The molecule has 0 unspecified atom stereocenters. The Kier molecular flexibility index (Phi) is 7.68. The molecule has 1 aromatic rings. The van der Waals surface area contributed by atoms with Gasteiger partial charge in [0.1, 0.15) is 0 Å². The molecular formula is C14H21NO2. The lowest BCUT2D eigenvalue weighted by molar-refractivity contribution is 0.0799. The molecule has 0 saturated carbocycles. The highest BCUT2D eigenvalue weighted by molar-refractivity contribution is 6.01. The van der Waals surface area contributed by atoms with E-state index in [-0.39, 0.29) is 5.91 Å². The summed E-state index contributed by atoms with van der Waals surface area (Å²) in [5.41, 5.74) is 0.907. The maximum Gasteiger partial charge on any atom is 0.254 e. The van der Waals surface area contributed by atoms with Gasteiger partial charge in [0.2, 0.25) is 0 Å². The summed E-state index contributed by atoms with van der Waals surface area (Å²) < 4.78 is 0. The zero-order valence-electron chi connectivity index (χ0n) is 11.1. The van der Waals surface area contributed by atoms with Crippen LogP contribution in [-0.4, -0.2) is 30.7 Å². The maximum atomic E-state index is 11.7. The minimum absolute atomic E-state index is 0.116. The molecule has 1 aromatic carbocycles. The Morgan fingerprint density at radius 1 is 1.24 bits per heavy atom. The van der Waals surface area contributed by atoms with Gasteiger partial charge in [0.05, 0.1) is 5.56 Å². The van der Waals surface area contributed by atoms with Gasteiger partial charge < -0.3 is 4.90 Å². The van der Waals surface area contributed by atoms with Gasteiger partial charge in [0, 0.05) is 19.2 Å². The summed E-state index contributed by atoms with van der Waals surface area (Å²) >= 11 is 0. The molecule has 1 rings (SSSR count). The first kappa shape index (κ1) is 15.4. The van der Waals surface area contributed by atoms with E-state index in [0.29, 0.717) is 24.0 Å². The first-order valence-electron chi connectivity index (χ1n) is 5.91. The van der Waals surface area contributed by atoms with Crippen molar-refractivity contribution in [2.75, 3.05) is 13.6 Å². The average molecular weight is 235 g/mol. The fourth-order valence-electron chi connectivity index (χ4n) is 1.14. The quantitative estimate of drug-likeness (QED) is 0.755. The molecule has 0 saturated heterocycles. The Hall–Kier alpha value is -1.64. The Bertz CT molecular complexity index is 361. The number of hydrogen-bond acceptors (Lipinski definition) is 2. The zero-order valence-corrected chi connectivity index (χ0v) is 11.1. The van der Waals surface area contributed by atoms with Crippen LogP contribution in [0, 0.1) is 0 Å². The lowest BCUT2D eigenvalue weighted by atomic mass is 10.1. The van der Waals surface area contributed by atoms with Crippen LogP contribution in [0.3, 0.4) is 0 Å². The second-order valence-electron chi connectivity index (χ2n) is 3.73. The molecule has 1 amide bonds. The molecular weight excluding hydrogens is 214 g/mol. The summed E-state index contributed by atoms with van der Waals surface area (Å²) in [4.78, 5) is 24.0. The van der Waals surface area contributed by atoms with E-state index in [2.05, 4.69) is 13.8 Å². The van der Waals surface area contributed by atoms with Crippen LogP contribution in [0.15, 0.2) is 24.3 Å². The summed E-state index contributed by atoms with van der Waals surface area (Å²) in [5, 5.41) is 0. The minimum atomic E-state index is -0.116. The van der Waals surface area contributed by atoms with Crippen LogP contribution in [0.1, 0.15) is 47.9 Å². The van der Waals surface area contributed by atoms with Crippen molar-refractivity contribution in [2.24, 2.45) is 0 Å². The third-order valence-electron chi connectivity index (χ3n) is 2.14. The first-order chi connectivity index (χ1) is 8.12. The lowest BCUT2D eigenvalue weighted by Gasteiger charge is -2.15. The van der Waals surface area contributed by atoms with E-state index in [1.54, 1.807) is 36.2 Å². The largest absolute Gasteiger partial charge is 0.342 e. The molecule has 0 aliphatic rings. The number of carbonyl (C=O) groups excluding carboxylic acids is 2. The SMILES string of the molecule is CCC.CCN(C)C(=O)c1ccccc1C=O. The van der Waals surface area contributed by atoms with Gasteiger partial charge in [-0.3, -0.25) is 9.59 Å². The predicted octanol–water partition coefficient (Wildman–Crippen LogP) is 3.01. The first-order valence-corrected chi connectivity index (χ1v) is 5.91. The molecule has 3 nitrogen and oxygen atoms in total. The number of hydrogen-bond donors (Lipinski definition) is 0. The highest BCUT2D eigenvalue weighted by atomic mass is 16.2. The summed E-state index contributed by atoms with van der Waals surface area (Å²) in [6, 6.07) is 6.80. The Labute approximate surface area is 103 Å². The molecule has 0 spiro atoms. The lowest BCUT2D eigenvalue weighted by Crippen LogP contribution is -2.27. The summed E-state index contributed by atoms with van der Waals surface area (Å²) in [6.45, 7) is 6.77. The van der Waals surface area contributed by atoms with Gasteiger partial charge in [-0.2, -0.15) is 0 Å². The Morgan fingerprint density at radius 2 is 1.76 bits per heavy atom. The molecule has 17 heavy (non-hydrogen) atoms. The number of amides is 1. The van der Waals surface area contributed by atoms with Gasteiger partial charge in [-0.1, -0.05) is 38.5 Å². The molecule has 0 fully saturated rings. The molecule has 94 valence electrons. The van der Waals surface area contributed by atoms with Crippen LogP contribution in [0.2, 0.25) is 0 Å². The number of nitrogens with zero attached hydrogens (tertiary/aromatic N) is 1. The van der Waals surface area contributed by atoms with Crippen molar-refractivity contribution in [3.63, 3.8) is 0 Å². The smallest absolute Gasteiger partial charge is 0.254 e. The Balaban J connectivity index is 0.000000770. The number of aldehydes is 1. The van der Waals surface area contributed by atoms with E-state index in [1.165, 1.54) is 6.42 Å². The van der Waals surface area contributed by atoms with Crippen molar-refractivity contribution in [1.82, 2.24) is 4.90 Å². The van der Waals surface area contributed by atoms with E-state index < -0.39 is 0 Å². The molecule has 0 radical (unpaired) electrons. The van der Waals surface area contributed by atoms with Crippen LogP contribution in [0.5, 0.6) is 0 Å². The van der Waals surface area contributed by atoms with Crippen molar-refractivity contribution in [2.45, 2.75) is 27.2 Å². The number of benzene rings is 1. The summed E-state index contributed by atoms with van der Waals surface area (Å²) in [6.07, 6.45) is 1.96. The highest BCUT2D eigenvalue weighted by Gasteiger charge is 2.12. The van der Waals surface area contributed by atoms with Gasteiger partial charge in [0.15, 0.2) is 6.29 Å². The summed E-state index contributed by atoms with van der Waals surface area (Å²) in [7, 11) is 1.71. The van der Waals surface area contributed by atoms with E-state index in [1.807, 2.05) is 6.92 Å². The fraction of sp³-hybridized carbons (Fsp3) is 0.429. The fourth-order valence-corrected chi connectivity index (χ4v) is 1.14. The van der Waals surface area contributed by atoms with E-state index in [0.717, 1.165) is 0 Å². The topological polar surface area (TPSA) is 37.4 Å². The van der Waals surface area contributed by atoms with Crippen molar-refractivity contribution in [1.29, 1.82) is 0 Å². The van der Waals surface area contributed by atoms with Crippen molar-refractivity contribution in [3.8, 4) is 0 Å². The zero-order chi connectivity index (χ0) is 13.3. The maximum absolute atomic E-state index is 11.7. The van der Waals surface area contributed by atoms with Crippen LogP contribution < -0.4 is 0 Å². The molecule has 0 aromatic heterocycles. The molecule has 0 bridgehead atoms. The van der Waals surface area contributed by atoms with Crippen LogP contribution in [0.25, 0.3) is 0 Å². The minimum Gasteiger partial charge on any atom is -0.342 e. The summed E-state index contributed by atoms with van der Waals surface area (Å²) in [5.74, 6) is -0.116. The molecule has 0 aliphatic heterocycles. The Morgan fingerprint density at radius 3 is 2.24 bits per heavy atom. The third kappa shape index (κ3) is 4.81. The van der Waals surface area contributed by atoms with Crippen molar-refractivity contribution in [3.05, 3.63) is 35.4 Å². The molecule has 0 heterocycles. The van der Waals surface area contributed by atoms with Gasteiger partial charge in [-0.25, -0.2) is 0 Å². The number of carbonyl (C=O) groups is 2. The van der Waals surface area contributed by atoms with E-state index in [9.17, 15) is 9.59 Å². The average Bonchev–Trinajstić information content (AvgIpc) is 2.37. The monoisotopic (exact) mass is 235 g/mol. The molecule has 0 aliphatic carbocycles. The standard InChI is InChI=1S/C11H13NO2.C3H8/c1-3-12(2)11(14)10-7-5-4-6-9(10)8-13;1-3-2/h4-8H,3H2,1-2H3;3H2,1-2H3. The highest BCUT2D eigenvalue weighted by Crippen LogP contribution is 2.08. The predicted molar refractivity (Wildman–Crippen MR) is 70.4 cm³/mol. The molecule has 0 atom stereocenters. The molecule has 3 heteroatoms. The van der Waals surface area contributed by atoms with Crippen LogP contribution >= 0.6 is 0 Å². The van der Waals surface area contributed by atoms with Gasteiger partial charge >= 0.3 is 0 Å². The van der Waals surface area contributed by atoms with E-state index >= 15 is 0 Å². The van der Waals surface area contributed by atoms with Crippen LogP contribution in [0.4, 0.5) is 0 Å². The normalized spacial score (nSPS) is 8.94. The van der Waals surface area contributed by atoms with Crippen LogP contribution in [-0.2, 0) is 0 Å². The second-order valence-corrected chi connectivity index (χ2v) is 3.73. The van der Waals surface area contributed by atoms with Gasteiger partial charge in [-0.05, 0) is 13.0 Å². The number of rotatable bonds is 3. The third-order valence-corrected chi connectivity index (χ3v) is 2.14. The van der Waals surface area contributed by atoms with Crippen molar-refractivity contribution < 1.29 is 9.59 Å². The van der Waals surface area contributed by atoms with Gasteiger partial charge in [0.25, 0.3) is 5.91 Å². The van der Waals surface area contributed by atoms with Crippen molar-refractivity contribution >= 4 is 12.2 Å². The molecule has 0 N–H and O–H groups in total. The second kappa shape index (κ2) is 8.50. The van der Waals surface area contributed by atoms with Gasteiger partial charge in [-0.15, -0.1) is 0 Å².